The number of hydrogen-bond donors (Lipinski definition) is 1. The highest BCUT2D eigenvalue weighted by Gasteiger charge is 2.17. The van der Waals surface area contributed by atoms with Crippen molar-refractivity contribution in [3.05, 3.63) is 23.8 Å². The third kappa shape index (κ3) is 3.53. The molecule has 4 nitrogen and oxygen atoms in total. The van der Waals surface area contributed by atoms with Crippen LogP contribution in [0.2, 0.25) is 0 Å². The van der Waals surface area contributed by atoms with Gasteiger partial charge in [0.1, 0.15) is 16.9 Å². The Morgan fingerprint density at radius 2 is 1.94 bits per heavy atom. The predicted octanol–water partition coefficient (Wildman–Crippen LogP) is 2.51. The number of rotatable bonds is 5. The zero-order valence-electron chi connectivity index (χ0n) is 11.0. The van der Waals surface area contributed by atoms with E-state index in [-0.39, 0.29) is 11.9 Å². The van der Waals surface area contributed by atoms with Crippen molar-refractivity contribution in [3.63, 3.8) is 0 Å². The summed E-state index contributed by atoms with van der Waals surface area (Å²) >= 11 is 5.72. The predicted molar refractivity (Wildman–Crippen MR) is 71.4 cm³/mol. The van der Waals surface area contributed by atoms with Gasteiger partial charge in [-0.2, -0.15) is 0 Å². The van der Waals surface area contributed by atoms with Crippen LogP contribution < -0.4 is 14.8 Å². The summed E-state index contributed by atoms with van der Waals surface area (Å²) in [6.07, 6.45) is 0. The lowest BCUT2D eigenvalue weighted by molar-refractivity contribution is -0.121. The maximum Gasteiger partial charge on any atom is 0.238 e. The maximum atomic E-state index is 11.5. The van der Waals surface area contributed by atoms with Gasteiger partial charge in [0.25, 0.3) is 0 Å². The molecule has 0 bridgehead atoms. The molecule has 0 radical (unpaired) electrons. The van der Waals surface area contributed by atoms with Crippen molar-refractivity contribution in [1.82, 2.24) is 5.32 Å². The van der Waals surface area contributed by atoms with Gasteiger partial charge in [-0.25, -0.2) is 0 Å². The molecular weight excluding hydrogens is 254 g/mol. The molecule has 0 aliphatic rings. The van der Waals surface area contributed by atoms with E-state index in [1.165, 1.54) is 0 Å². The first-order valence-electron chi connectivity index (χ1n) is 5.66. The van der Waals surface area contributed by atoms with Gasteiger partial charge in [0.05, 0.1) is 20.3 Å². The Hall–Kier alpha value is -1.42. The number of methoxy groups -OCH3 is 2. The molecule has 0 aliphatic carbocycles. The van der Waals surface area contributed by atoms with Gasteiger partial charge in [0, 0.05) is 11.6 Å². The molecule has 0 fully saturated rings. The fourth-order valence-corrected chi connectivity index (χ4v) is 1.65. The highest BCUT2D eigenvalue weighted by molar-refractivity contribution is 6.30. The van der Waals surface area contributed by atoms with E-state index < -0.39 is 5.38 Å². The van der Waals surface area contributed by atoms with Gasteiger partial charge < -0.3 is 14.8 Å². The van der Waals surface area contributed by atoms with Gasteiger partial charge in [-0.3, -0.25) is 4.79 Å². The molecule has 0 saturated heterocycles. The Morgan fingerprint density at radius 3 is 2.44 bits per heavy atom. The molecule has 2 atom stereocenters. The van der Waals surface area contributed by atoms with Crippen LogP contribution in [0.5, 0.6) is 11.5 Å². The smallest absolute Gasteiger partial charge is 0.238 e. The number of ether oxygens (including phenoxy) is 2. The van der Waals surface area contributed by atoms with E-state index in [1.54, 1.807) is 27.2 Å². The van der Waals surface area contributed by atoms with E-state index in [0.29, 0.717) is 11.5 Å². The van der Waals surface area contributed by atoms with Crippen LogP contribution in [0.15, 0.2) is 18.2 Å². The van der Waals surface area contributed by atoms with E-state index in [1.807, 2.05) is 19.1 Å². The fraction of sp³-hybridized carbons (Fsp3) is 0.462. The minimum atomic E-state index is -0.559. The summed E-state index contributed by atoms with van der Waals surface area (Å²) in [5, 5.41) is 2.26. The van der Waals surface area contributed by atoms with Crippen molar-refractivity contribution in [1.29, 1.82) is 0 Å². The fourth-order valence-electron chi connectivity index (χ4n) is 1.58. The van der Waals surface area contributed by atoms with Crippen LogP contribution in [-0.4, -0.2) is 25.5 Å². The van der Waals surface area contributed by atoms with Crippen LogP contribution in [0.1, 0.15) is 25.5 Å². The number of carbonyl (C=O) groups excluding carboxylic acids is 1. The van der Waals surface area contributed by atoms with E-state index in [9.17, 15) is 4.79 Å². The molecule has 1 rings (SSSR count). The lowest BCUT2D eigenvalue weighted by Gasteiger charge is -2.18. The van der Waals surface area contributed by atoms with Gasteiger partial charge in [0.15, 0.2) is 0 Å². The minimum absolute atomic E-state index is 0.181. The highest BCUT2D eigenvalue weighted by Crippen LogP contribution is 2.29. The quantitative estimate of drug-likeness (QED) is 0.837. The Morgan fingerprint density at radius 1 is 1.28 bits per heavy atom. The molecule has 1 aromatic carbocycles. The number of nitrogens with one attached hydrogen (secondary N) is 1. The van der Waals surface area contributed by atoms with Crippen molar-refractivity contribution in [2.24, 2.45) is 0 Å². The summed E-state index contributed by atoms with van der Waals surface area (Å²) in [6, 6.07) is 5.29. The van der Waals surface area contributed by atoms with E-state index >= 15 is 0 Å². The van der Waals surface area contributed by atoms with Crippen LogP contribution in [0, 0.1) is 0 Å². The van der Waals surface area contributed by atoms with Gasteiger partial charge in [-0.1, -0.05) is 0 Å². The average molecular weight is 272 g/mol. The molecule has 1 aromatic rings. The number of halogens is 1. The lowest BCUT2D eigenvalue weighted by atomic mass is 10.1. The summed E-state index contributed by atoms with van der Waals surface area (Å²) in [5.74, 6) is 1.17. The molecular formula is C13H18ClNO3. The zero-order chi connectivity index (χ0) is 13.7. The second-order valence-corrected chi connectivity index (χ2v) is 4.61. The summed E-state index contributed by atoms with van der Waals surface area (Å²) < 4.78 is 10.4. The van der Waals surface area contributed by atoms with Gasteiger partial charge >= 0.3 is 0 Å². The monoisotopic (exact) mass is 271 g/mol. The summed E-state index contributed by atoms with van der Waals surface area (Å²) in [7, 11) is 3.17. The van der Waals surface area contributed by atoms with E-state index in [2.05, 4.69) is 5.32 Å². The molecule has 18 heavy (non-hydrogen) atoms. The molecule has 0 aromatic heterocycles. The SMILES string of the molecule is COc1ccc(C(C)NC(=O)C(C)Cl)c(OC)c1. The minimum Gasteiger partial charge on any atom is -0.497 e. The third-order valence-corrected chi connectivity index (χ3v) is 2.83. The molecule has 0 saturated carbocycles. The Bertz CT molecular complexity index is 421. The first kappa shape index (κ1) is 14.6. The van der Waals surface area contributed by atoms with Crippen molar-refractivity contribution < 1.29 is 14.3 Å². The molecule has 1 amide bonds. The second kappa shape index (κ2) is 6.50. The van der Waals surface area contributed by atoms with E-state index in [4.69, 9.17) is 21.1 Å². The number of alkyl halides is 1. The highest BCUT2D eigenvalue weighted by atomic mass is 35.5. The summed E-state index contributed by atoms with van der Waals surface area (Å²) in [4.78, 5) is 11.5. The topological polar surface area (TPSA) is 47.6 Å². The van der Waals surface area contributed by atoms with Gasteiger partial charge in [-0.05, 0) is 26.0 Å². The maximum absolute atomic E-state index is 11.5. The van der Waals surface area contributed by atoms with Gasteiger partial charge in [0.2, 0.25) is 5.91 Å². The van der Waals surface area contributed by atoms with E-state index in [0.717, 1.165) is 5.56 Å². The van der Waals surface area contributed by atoms with Crippen LogP contribution in [-0.2, 0) is 4.79 Å². The molecule has 0 heterocycles. The third-order valence-electron chi connectivity index (χ3n) is 2.63. The van der Waals surface area contributed by atoms with Crippen LogP contribution in [0.3, 0.4) is 0 Å². The first-order valence-corrected chi connectivity index (χ1v) is 6.09. The van der Waals surface area contributed by atoms with Crippen LogP contribution in [0.25, 0.3) is 0 Å². The van der Waals surface area contributed by atoms with Crippen molar-refractivity contribution >= 4 is 17.5 Å². The normalized spacial score (nSPS) is 13.6. The Balaban J connectivity index is 2.91. The summed E-state index contributed by atoms with van der Waals surface area (Å²) in [5.41, 5.74) is 0.879. The zero-order valence-corrected chi connectivity index (χ0v) is 11.7. The molecule has 100 valence electrons. The van der Waals surface area contributed by atoms with Gasteiger partial charge in [-0.15, -0.1) is 11.6 Å². The number of benzene rings is 1. The van der Waals surface area contributed by atoms with Crippen LogP contribution >= 0.6 is 11.6 Å². The summed E-state index contributed by atoms with van der Waals surface area (Å²) in [6.45, 7) is 3.51. The number of carbonyl (C=O) groups is 1. The largest absolute Gasteiger partial charge is 0.497 e. The second-order valence-electron chi connectivity index (χ2n) is 3.95. The first-order chi connectivity index (χ1) is 8.49. The Kier molecular flexibility index (Phi) is 5.28. The lowest BCUT2D eigenvalue weighted by Crippen LogP contribution is -2.32. The molecule has 5 heteroatoms. The Labute approximate surface area is 112 Å². The number of hydrogen-bond acceptors (Lipinski definition) is 3. The molecule has 2 unspecified atom stereocenters. The van der Waals surface area contributed by atoms with Crippen molar-refractivity contribution in [3.8, 4) is 11.5 Å². The van der Waals surface area contributed by atoms with Crippen molar-refractivity contribution in [2.75, 3.05) is 14.2 Å². The molecule has 0 spiro atoms. The average Bonchev–Trinajstić information content (AvgIpc) is 2.37. The van der Waals surface area contributed by atoms with Crippen LogP contribution in [0.4, 0.5) is 0 Å². The number of amides is 1. The molecule has 1 N–H and O–H groups in total. The standard InChI is InChI=1S/C13H18ClNO3/c1-8(14)13(16)15-9(2)11-6-5-10(17-3)7-12(11)18-4/h5-9H,1-4H3,(H,15,16). The van der Waals surface area contributed by atoms with Crippen molar-refractivity contribution in [2.45, 2.75) is 25.3 Å². The molecule has 0 aliphatic heterocycles.